The van der Waals surface area contributed by atoms with Crippen molar-refractivity contribution in [2.45, 2.75) is 38.0 Å². The number of morpholine rings is 1. The minimum atomic E-state index is -3.29. The molecule has 27 heavy (non-hydrogen) atoms. The second kappa shape index (κ2) is 9.76. The summed E-state index contributed by atoms with van der Waals surface area (Å²) in [6, 6.07) is -0.242. The Balaban J connectivity index is 0.000000817. The first-order valence-corrected chi connectivity index (χ1v) is 10.5. The van der Waals surface area contributed by atoms with Crippen LogP contribution in [0.1, 0.15) is 19.3 Å². The molecule has 1 aromatic heterocycles. The molecule has 1 saturated heterocycles. The van der Waals surface area contributed by atoms with Crippen molar-refractivity contribution in [1.29, 1.82) is 0 Å². The molecule has 2 fully saturated rings. The molecule has 2 aliphatic rings. The molecular weight excluding hydrogens is 378 g/mol. The summed E-state index contributed by atoms with van der Waals surface area (Å²) in [4.78, 5) is 20.8. The highest BCUT2D eigenvalue weighted by atomic mass is 32.2. The van der Waals surface area contributed by atoms with Crippen LogP contribution in [0.15, 0.2) is 12.4 Å². The molecule has 0 spiro atoms. The molecule has 1 aliphatic heterocycles. The van der Waals surface area contributed by atoms with Gasteiger partial charge in [0, 0.05) is 25.2 Å². The van der Waals surface area contributed by atoms with Gasteiger partial charge in [-0.3, -0.25) is 14.3 Å². The average molecular weight is 403 g/mol. The number of hydrogen-bond acceptors (Lipinski definition) is 7. The lowest BCUT2D eigenvalue weighted by Crippen LogP contribution is -2.56. The summed E-state index contributed by atoms with van der Waals surface area (Å²) in [6.45, 7) is 1.56. The van der Waals surface area contributed by atoms with Crippen LogP contribution in [-0.4, -0.2) is 83.3 Å². The van der Waals surface area contributed by atoms with Gasteiger partial charge < -0.3 is 15.2 Å². The molecule has 1 amide bonds. The monoisotopic (exact) mass is 403 g/mol. The third kappa shape index (κ3) is 5.97. The maximum Gasteiger partial charge on any atom is 0.290 e. The van der Waals surface area contributed by atoms with Gasteiger partial charge in [0.2, 0.25) is 15.9 Å². The topological polar surface area (TPSA) is 144 Å². The summed E-state index contributed by atoms with van der Waals surface area (Å²) in [5.41, 5.74) is 0. The highest BCUT2D eigenvalue weighted by Crippen LogP contribution is 2.33. The van der Waals surface area contributed by atoms with E-state index in [2.05, 4.69) is 15.6 Å². The van der Waals surface area contributed by atoms with Gasteiger partial charge in [0.25, 0.3) is 6.47 Å². The Hall–Kier alpha value is -2.05. The molecule has 1 saturated carbocycles. The van der Waals surface area contributed by atoms with E-state index >= 15 is 0 Å². The number of rotatable bonds is 5. The van der Waals surface area contributed by atoms with E-state index in [9.17, 15) is 13.2 Å². The van der Waals surface area contributed by atoms with Crippen LogP contribution >= 0.6 is 0 Å². The normalized spacial score (nSPS) is 25.6. The maximum atomic E-state index is 12.4. The molecule has 0 radical (unpaired) electrons. The summed E-state index contributed by atoms with van der Waals surface area (Å²) in [6.07, 6.45) is 6.37. The molecule has 2 N–H and O–H groups in total. The van der Waals surface area contributed by atoms with E-state index < -0.39 is 10.0 Å². The van der Waals surface area contributed by atoms with Gasteiger partial charge in [-0.1, -0.05) is 5.21 Å². The zero-order chi connectivity index (χ0) is 19.9. The Kier molecular flexibility index (Phi) is 7.68. The van der Waals surface area contributed by atoms with Crippen molar-refractivity contribution in [2.24, 2.45) is 5.92 Å². The summed E-state index contributed by atoms with van der Waals surface area (Å²) in [5.74, 6) is -0.222. The van der Waals surface area contributed by atoms with E-state index in [1.165, 1.54) is 10.6 Å². The fourth-order valence-electron chi connectivity index (χ4n) is 3.52. The molecule has 0 unspecified atom stereocenters. The number of sulfonamides is 1. The van der Waals surface area contributed by atoms with Crippen LogP contribution in [0.5, 0.6) is 0 Å². The maximum absolute atomic E-state index is 12.4. The average Bonchev–Trinajstić information content (AvgIpc) is 3.14. The molecule has 3 rings (SSSR count). The lowest BCUT2D eigenvalue weighted by atomic mass is 9.82. The largest absolute Gasteiger partial charge is 0.483 e. The number of nitrogens with zero attached hydrogens (tertiary/aromatic N) is 4. The van der Waals surface area contributed by atoms with Crippen LogP contribution in [0, 0.1) is 5.92 Å². The predicted molar refractivity (Wildman–Crippen MR) is 94.1 cm³/mol. The number of fused-ring (bicyclic) bond motifs is 1. The molecule has 1 aliphatic carbocycles. The third-order valence-electron chi connectivity index (χ3n) is 4.68. The number of nitrogens with one attached hydrogen (secondary N) is 1. The molecule has 12 heteroatoms. The van der Waals surface area contributed by atoms with E-state index in [1.807, 2.05) is 0 Å². The van der Waals surface area contributed by atoms with Gasteiger partial charge in [-0.2, -0.15) is 4.31 Å². The molecular formula is C15H25N5O6S. The van der Waals surface area contributed by atoms with Crippen LogP contribution in [-0.2, 0) is 30.9 Å². The molecule has 11 nitrogen and oxygen atoms in total. The number of hydrogen-bond donors (Lipinski definition) is 2. The molecule has 152 valence electrons. The van der Waals surface area contributed by atoms with Crippen molar-refractivity contribution in [3.05, 3.63) is 12.4 Å². The summed E-state index contributed by atoms with van der Waals surface area (Å²) >= 11 is 0. The van der Waals surface area contributed by atoms with Crippen LogP contribution in [0.2, 0.25) is 0 Å². The van der Waals surface area contributed by atoms with E-state index in [4.69, 9.17) is 14.6 Å². The first-order chi connectivity index (χ1) is 12.9. The highest BCUT2D eigenvalue weighted by Gasteiger charge is 2.42. The van der Waals surface area contributed by atoms with Gasteiger partial charge in [-0.05, 0) is 19.3 Å². The van der Waals surface area contributed by atoms with Crippen LogP contribution in [0.3, 0.4) is 0 Å². The molecule has 0 aromatic carbocycles. The zero-order valence-corrected chi connectivity index (χ0v) is 15.9. The lowest BCUT2D eigenvalue weighted by molar-refractivity contribution is -0.130. The first-order valence-electron chi connectivity index (χ1n) is 8.65. The first kappa shape index (κ1) is 21.3. The molecule has 3 atom stereocenters. The Labute approximate surface area is 157 Å². The van der Waals surface area contributed by atoms with E-state index in [0.717, 1.165) is 0 Å². The third-order valence-corrected chi connectivity index (χ3v) is 5.98. The number of carboxylic acid groups (broad SMARTS) is 1. The van der Waals surface area contributed by atoms with Crippen molar-refractivity contribution < 1.29 is 27.9 Å². The standard InChI is InChI=1S/C14H23N5O4S.CH2O2/c1-24(21,22)19-8-9-23-13-3-2-11(10-12(13)19)14(20)15-4-6-18-7-5-16-17-18;2-1-3/h5,7,11-13H,2-4,6,8-10H2,1H3,(H,15,20);1H,(H,2,3)/t11-,12+,13+;/m0./s1. The number of amides is 1. The second-order valence-corrected chi connectivity index (χ2v) is 8.36. The van der Waals surface area contributed by atoms with Gasteiger partial charge in [0.1, 0.15) is 0 Å². The van der Waals surface area contributed by atoms with Crippen LogP contribution in [0.4, 0.5) is 0 Å². The quantitative estimate of drug-likeness (QED) is 0.591. The van der Waals surface area contributed by atoms with E-state index in [0.29, 0.717) is 45.5 Å². The molecule has 1 aromatic rings. The highest BCUT2D eigenvalue weighted by molar-refractivity contribution is 7.88. The zero-order valence-electron chi connectivity index (χ0n) is 15.1. The molecule has 2 heterocycles. The summed E-state index contributed by atoms with van der Waals surface area (Å²) in [5, 5.41) is 17.3. The van der Waals surface area contributed by atoms with Crippen molar-refractivity contribution in [1.82, 2.24) is 24.6 Å². The number of ether oxygens (including phenoxy) is 1. The minimum absolute atomic E-state index is 0.0346. The minimum Gasteiger partial charge on any atom is -0.483 e. The van der Waals surface area contributed by atoms with Crippen molar-refractivity contribution in [3.8, 4) is 0 Å². The Morgan fingerprint density at radius 2 is 2.19 bits per heavy atom. The smallest absolute Gasteiger partial charge is 0.290 e. The van der Waals surface area contributed by atoms with E-state index in [-0.39, 0.29) is 30.4 Å². The lowest BCUT2D eigenvalue weighted by Gasteiger charge is -2.44. The van der Waals surface area contributed by atoms with Gasteiger partial charge in [0.05, 0.1) is 37.8 Å². The Morgan fingerprint density at radius 3 is 2.81 bits per heavy atom. The van der Waals surface area contributed by atoms with Gasteiger partial charge in [-0.25, -0.2) is 8.42 Å². The fourth-order valence-corrected chi connectivity index (χ4v) is 4.64. The van der Waals surface area contributed by atoms with Gasteiger partial charge in [0.15, 0.2) is 0 Å². The van der Waals surface area contributed by atoms with Crippen molar-refractivity contribution in [3.63, 3.8) is 0 Å². The van der Waals surface area contributed by atoms with Crippen molar-refractivity contribution >= 4 is 22.4 Å². The Bertz CT molecular complexity index is 710. The van der Waals surface area contributed by atoms with Gasteiger partial charge in [-0.15, -0.1) is 5.10 Å². The number of carbonyl (C=O) groups is 2. The fraction of sp³-hybridized carbons (Fsp3) is 0.733. The van der Waals surface area contributed by atoms with Crippen LogP contribution < -0.4 is 5.32 Å². The van der Waals surface area contributed by atoms with Crippen molar-refractivity contribution in [2.75, 3.05) is 26.0 Å². The van der Waals surface area contributed by atoms with E-state index in [1.54, 1.807) is 17.1 Å². The second-order valence-electron chi connectivity index (χ2n) is 6.42. The summed E-state index contributed by atoms with van der Waals surface area (Å²) < 4.78 is 32.8. The van der Waals surface area contributed by atoms with Gasteiger partial charge >= 0.3 is 0 Å². The predicted octanol–water partition coefficient (Wildman–Crippen LogP) is -1.08. The SMILES string of the molecule is CS(=O)(=O)N1CCO[C@@H]2CC[C@H](C(=O)NCCn3ccnn3)C[C@H]21.O=CO. The Morgan fingerprint density at radius 1 is 1.44 bits per heavy atom. The summed E-state index contributed by atoms with van der Waals surface area (Å²) in [7, 11) is -3.29. The van der Waals surface area contributed by atoms with Crippen LogP contribution in [0.25, 0.3) is 0 Å². The number of carbonyl (C=O) groups excluding carboxylic acids is 1. The molecule has 0 bridgehead atoms. The number of aromatic nitrogens is 3.